The van der Waals surface area contributed by atoms with Gasteiger partial charge < -0.3 is 5.11 Å². The molecular weight excluding hydrogens is 276 g/mol. The number of nitrogens with zero attached hydrogens (tertiary/aromatic N) is 6. The molecule has 0 aliphatic carbocycles. The average molecular weight is 288 g/mol. The molecule has 3 rings (SSSR count). The van der Waals surface area contributed by atoms with Gasteiger partial charge >= 0.3 is 11.7 Å². The van der Waals surface area contributed by atoms with E-state index in [2.05, 4.69) is 15.4 Å². The molecule has 0 aromatic carbocycles. The molecule has 108 valence electrons. The van der Waals surface area contributed by atoms with Crippen molar-refractivity contribution in [2.75, 3.05) is 0 Å². The van der Waals surface area contributed by atoms with Crippen LogP contribution in [-0.2, 0) is 24.3 Å². The zero-order chi connectivity index (χ0) is 14.8. The Hall–Kier alpha value is -2.97. The summed E-state index contributed by atoms with van der Waals surface area (Å²) in [6, 6.07) is 5.32. The van der Waals surface area contributed by atoms with E-state index in [1.807, 2.05) is 6.07 Å². The van der Waals surface area contributed by atoms with Crippen molar-refractivity contribution in [3.63, 3.8) is 0 Å². The number of carboxylic acid groups (broad SMARTS) is 1. The molecular formula is C12H12N6O3. The summed E-state index contributed by atoms with van der Waals surface area (Å²) in [5, 5.41) is 20.4. The molecule has 0 saturated carbocycles. The van der Waals surface area contributed by atoms with Crippen molar-refractivity contribution in [3.8, 4) is 0 Å². The predicted molar refractivity (Wildman–Crippen MR) is 70.8 cm³/mol. The smallest absolute Gasteiger partial charge is 0.350 e. The minimum Gasteiger partial charge on any atom is -0.481 e. The lowest BCUT2D eigenvalue weighted by atomic mass is 10.3. The molecule has 0 unspecified atom stereocenters. The molecule has 3 aromatic heterocycles. The third-order valence-corrected chi connectivity index (χ3v) is 2.95. The van der Waals surface area contributed by atoms with Gasteiger partial charge in [-0.05, 0) is 12.1 Å². The highest BCUT2D eigenvalue weighted by molar-refractivity contribution is 5.69. The second-order valence-electron chi connectivity index (χ2n) is 4.48. The Morgan fingerprint density at radius 1 is 1.29 bits per heavy atom. The van der Waals surface area contributed by atoms with Gasteiger partial charge in [-0.2, -0.15) is 0 Å². The van der Waals surface area contributed by atoms with E-state index in [-0.39, 0.29) is 12.1 Å². The molecule has 1 N–H and O–H groups in total. The molecule has 0 fully saturated rings. The third-order valence-electron chi connectivity index (χ3n) is 2.95. The van der Waals surface area contributed by atoms with Crippen LogP contribution in [0.1, 0.15) is 5.69 Å². The summed E-state index contributed by atoms with van der Waals surface area (Å²) >= 11 is 0. The Morgan fingerprint density at radius 3 is 2.90 bits per heavy atom. The lowest BCUT2D eigenvalue weighted by molar-refractivity contribution is -0.136. The number of aromatic nitrogens is 6. The quantitative estimate of drug-likeness (QED) is 0.672. The van der Waals surface area contributed by atoms with Gasteiger partial charge in [0.05, 0.1) is 25.2 Å². The Kier molecular flexibility index (Phi) is 3.22. The fourth-order valence-electron chi connectivity index (χ4n) is 1.99. The van der Waals surface area contributed by atoms with Crippen molar-refractivity contribution in [2.24, 2.45) is 0 Å². The zero-order valence-electron chi connectivity index (χ0n) is 11.0. The third kappa shape index (κ3) is 2.66. The molecule has 0 bridgehead atoms. The predicted octanol–water partition coefficient (Wildman–Crippen LogP) is -0.585. The SMILES string of the molecule is O=C(O)Cc1cn(CCn2nc3ccccn3c2=O)nn1. The summed E-state index contributed by atoms with van der Waals surface area (Å²) in [5.74, 6) is -0.960. The highest BCUT2D eigenvalue weighted by Crippen LogP contribution is 1.97. The van der Waals surface area contributed by atoms with E-state index in [1.54, 1.807) is 24.5 Å². The number of pyridine rings is 1. The van der Waals surface area contributed by atoms with Gasteiger partial charge in [0.15, 0.2) is 5.65 Å². The number of hydrogen-bond donors (Lipinski definition) is 1. The molecule has 21 heavy (non-hydrogen) atoms. The zero-order valence-corrected chi connectivity index (χ0v) is 11.0. The van der Waals surface area contributed by atoms with Crippen LogP contribution in [0, 0.1) is 0 Å². The Morgan fingerprint density at radius 2 is 2.14 bits per heavy atom. The maximum atomic E-state index is 12.0. The van der Waals surface area contributed by atoms with Gasteiger partial charge in [-0.1, -0.05) is 11.3 Å². The molecule has 9 nitrogen and oxygen atoms in total. The van der Waals surface area contributed by atoms with E-state index in [9.17, 15) is 9.59 Å². The van der Waals surface area contributed by atoms with E-state index in [0.29, 0.717) is 24.4 Å². The minimum absolute atomic E-state index is 0.172. The number of aliphatic carboxylic acids is 1. The number of aryl methyl sites for hydroxylation is 2. The Labute approximate surface area is 118 Å². The van der Waals surface area contributed by atoms with E-state index in [0.717, 1.165) is 0 Å². The van der Waals surface area contributed by atoms with Crippen LogP contribution in [0.5, 0.6) is 0 Å². The van der Waals surface area contributed by atoms with Crippen LogP contribution in [0.15, 0.2) is 35.4 Å². The number of rotatable bonds is 5. The summed E-state index contributed by atoms with van der Waals surface area (Å²) in [5.41, 5.74) is 0.731. The Bertz CT molecular complexity index is 846. The van der Waals surface area contributed by atoms with Crippen molar-refractivity contribution in [1.82, 2.24) is 29.2 Å². The molecule has 3 heterocycles. The van der Waals surface area contributed by atoms with Crippen molar-refractivity contribution in [2.45, 2.75) is 19.5 Å². The fraction of sp³-hybridized carbons (Fsp3) is 0.250. The highest BCUT2D eigenvalue weighted by Gasteiger charge is 2.08. The first kappa shape index (κ1) is 13.0. The van der Waals surface area contributed by atoms with E-state index in [4.69, 9.17) is 5.11 Å². The maximum absolute atomic E-state index is 12.0. The van der Waals surface area contributed by atoms with Crippen LogP contribution in [0.2, 0.25) is 0 Å². The van der Waals surface area contributed by atoms with E-state index >= 15 is 0 Å². The number of fused-ring (bicyclic) bond motifs is 1. The molecule has 0 atom stereocenters. The number of carboxylic acids is 1. The molecule has 0 aliphatic rings. The van der Waals surface area contributed by atoms with Gasteiger partial charge in [0.2, 0.25) is 0 Å². The van der Waals surface area contributed by atoms with Crippen LogP contribution >= 0.6 is 0 Å². The number of carbonyl (C=O) groups is 1. The Balaban J connectivity index is 1.74. The van der Waals surface area contributed by atoms with E-state index < -0.39 is 5.97 Å². The van der Waals surface area contributed by atoms with Gasteiger partial charge in [-0.3, -0.25) is 13.9 Å². The van der Waals surface area contributed by atoms with Crippen LogP contribution in [-0.4, -0.2) is 40.3 Å². The maximum Gasteiger partial charge on any atom is 0.350 e. The van der Waals surface area contributed by atoms with Gasteiger partial charge in [-0.15, -0.1) is 10.2 Å². The summed E-state index contributed by atoms with van der Waals surface area (Å²) in [6.45, 7) is 0.715. The minimum atomic E-state index is -0.960. The summed E-state index contributed by atoms with van der Waals surface area (Å²) in [7, 11) is 0. The lowest BCUT2D eigenvalue weighted by Crippen LogP contribution is -2.23. The first-order chi connectivity index (χ1) is 10.1. The van der Waals surface area contributed by atoms with Gasteiger partial charge in [0.1, 0.15) is 0 Å². The standard InChI is InChI=1S/C12H12N6O3/c19-11(20)7-9-8-16(15-13-9)5-6-18-12(21)17-4-2-1-3-10(17)14-18/h1-4,8H,5-7H2,(H,19,20). The number of hydrogen-bond acceptors (Lipinski definition) is 5. The lowest BCUT2D eigenvalue weighted by Gasteiger charge is -1.98. The van der Waals surface area contributed by atoms with Crippen molar-refractivity contribution >= 4 is 11.6 Å². The molecule has 0 spiro atoms. The monoisotopic (exact) mass is 288 g/mol. The second kappa shape index (κ2) is 5.19. The topological polar surface area (TPSA) is 107 Å². The average Bonchev–Trinajstić information content (AvgIpc) is 3.02. The normalized spacial score (nSPS) is 11.0. The van der Waals surface area contributed by atoms with E-state index in [1.165, 1.54) is 13.8 Å². The molecule has 0 saturated heterocycles. The molecule has 3 aromatic rings. The highest BCUT2D eigenvalue weighted by atomic mass is 16.4. The van der Waals surface area contributed by atoms with Gasteiger partial charge in [-0.25, -0.2) is 9.48 Å². The van der Waals surface area contributed by atoms with Crippen LogP contribution < -0.4 is 5.69 Å². The largest absolute Gasteiger partial charge is 0.481 e. The van der Waals surface area contributed by atoms with Gasteiger partial charge in [0.25, 0.3) is 0 Å². The first-order valence-corrected chi connectivity index (χ1v) is 6.28. The molecule has 0 amide bonds. The van der Waals surface area contributed by atoms with Crippen molar-refractivity contribution in [1.29, 1.82) is 0 Å². The summed E-state index contributed by atoms with van der Waals surface area (Å²) in [6.07, 6.45) is 3.03. The van der Waals surface area contributed by atoms with Crippen LogP contribution in [0.25, 0.3) is 5.65 Å². The molecule has 9 heteroatoms. The van der Waals surface area contributed by atoms with Crippen LogP contribution in [0.3, 0.4) is 0 Å². The fourth-order valence-corrected chi connectivity index (χ4v) is 1.99. The summed E-state index contributed by atoms with van der Waals surface area (Å²) in [4.78, 5) is 22.6. The molecule has 0 aliphatic heterocycles. The van der Waals surface area contributed by atoms with Crippen molar-refractivity contribution in [3.05, 3.63) is 46.8 Å². The van der Waals surface area contributed by atoms with Crippen molar-refractivity contribution < 1.29 is 9.90 Å². The second-order valence-corrected chi connectivity index (χ2v) is 4.48. The first-order valence-electron chi connectivity index (χ1n) is 6.28. The van der Waals surface area contributed by atoms with Gasteiger partial charge in [0, 0.05) is 12.4 Å². The van der Waals surface area contributed by atoms with Crippen LogP contribution in [0.4, 0.5) is 0 Å². The molecule has 0 radical (unpaired) electrons. The summed E-state index contributed by atoms with van der Waals surface area (Å²) < 4.78 is 4.29.